The normalized spacial score (nSPS) is 21.5. The van der Waals surface area contributed by atoms with E-state index in [0.717, 1.165) is 18.7 Å². The lowest BCUT2D eigenvalue weighted by Crippen LogP contribution is -2.48. The van der Waals surface area contributed by atoms with Crippen molar-refractivity contribution in [3.05, 3.63) is 35.8 Å². The zero-order valence-electron chi connectivity index (χ0n) is 17.0. The second-order valence-electron chi connectivity index (χ2n) is 7.61. The third-order valence-electron chi connectivity index (χ3n) is 5.22. The number of hydrogen-bond acceptors (Lipinski definition) is 6. The molecule has 0 unspecified atom stereocenters. The molecule has 1 fully saturated rings. The number of fused-ring (bicyclic) bond motifs is 1. The minimum absolute atomic E-state index is 0.202. The van der Waals surface area contributed by atoms with Crippen molar-refractivity contribution >= 4 is 21.0 Å². The molecular formula is C20H30FN3O4S. The van der Waals surface area contributed by atoms with Crippen LogP contribution >= 0.6 is 0 Å². The van der Waals surface area contributed by atoms with Crippen LogP contribution in [0.4, 0.5) is 4.39 Å². The first-order chi connectivity index (χ1) is 13.5. The highest BCUT2D eigenvalue weighted by atomic mass is 32.2. The molecule has 4 N–H and O–H groups in total. The smallest absolute Gasteiger partial charge is 0.295 e. The van der Waals surface area contributed by atoms with Crippen LogP contribution in [-0.2, 0) is 10.1 Å². The van der Waals surface area contributed by atoms with Crippen LogP contribution in [0.25, 0.3) is 10.9 Å². The summed E-state index contributed by atoms with van der Waals surface area (Å²) in [5, 5.41) is 9.68. The number of aromatic nitrogens is 1. The highest BCUT2D eigenvalue weighted by Crippen LogP contribution is 2.24. The first-order valence-electron chi connectivity index (χ1n) is 9.71. The molecular weight excluding hydrogens is 397 g/mol. The summed E-state index contributed by atoms with van der Waals surface area (Å²) in [5.74, 6) is -0.752. The average Bonchev–Trinajstić information content (AvgIpc) is 2.63. The molecule has 2 aromatic rings. The summed E-state index contributed by atoms with van der Waals surface area (Å²) in [5.41, 5.74) is 6.24. The molecule has 7 nitrogen and oxygen atoms in total. The van der Waals surface area contributed by atoms with Crippen molar-refractivity contribution in [1.29, 1.82) is 0 Å². The van der Waals surface area contributed by atoms with E-state index in [0.29, 0.717) is 24.3 Å². The van der Waals surface area contributed by atoms with Crippen molar-refractivity contribution in [2.75, 3.05) is 13.1 Å². The van der Waals surface area contributed by atoms with Gasteiger partial charge in [-0.2, -0.15) is 8.42 Å². The number of aryl methyl sites for hydroxylation is 1. The third kappa shape index (κ3) is 6.42. The largest absolute Gasteiger partial charge is 0.390 e. The van der Waals surface area contributed by atoms with Crippen molar-refractivity contribution in [3.8, 4) is 0 Å². The number of halogens is 1. The molecule has 1 aliphatic rings. The van der Waals surface area contributed by atoms with Crippen molar-refractivity contribution in [2.45, 2.75) is 63.1 Å². The van der Waals surface area contributed by atoms with E-state index in [-0.39, 0.29) is 17.0 Å². The summed E-state index contributed by atoms with van der Waals surface area (Å²) in [7, 11) is -4.44. The van der Waals surface area contributed by atoms with E-state index >= 15 is 0 Å². The van der Waals surface area contributed by atoms with E-state index in [4.69, 9.17) is 10.3 Å². The van der Waals surface area contributed by atoms with Gasteiger partial charge in [-0.3, -0.25) is 14.4 Å². The number of nitrogens with zero attached hydrogens (tertiary/aromatic N) is 2. The maximum Gasteiger partial charge on any atom is 0.295 e. The number of benzene rings is 1. The fourth-order valence-corrected chi connectivity index (χ4v) is 4.35. The maximum atomic E-state index is 13.1. The number of hydrogen-bond donors (Lipinski definition) is 3. The summed E-state index contributed by atoms with van der Waals surface area (Å²) < 4.78 is 44.2. The minimum atomic E-state index is -4.44. The number of piperidine rings is 1. The molecule has 1 aromatic carbocycles. The molecule has 2 heterocycles. The second kappa shape index (κ2) is 9.90. The summed E-state index contributed by atoms with van der Waals surface area (Å²) in [6.45, 7) is 7.28. The molecule has 9 heteroatoms. The Labute approximate surface area is 171 Å². The molecule has 1 saturated heterocycles. The van der Waals surface area contributed by atoms with Gasteiger partial charge in [-0.1, -0.05) is 6.42 Å². The molecule has 162 valence electrons. The molecule has 3 atom stereocenters. The van der Waals surface area contributed by atoms with Crippen molar-refractivity contribution in [2.24, 2.45) is 5.73 Å². The van der Waals surface area contributed by atoms with Gasteiger partial charge in [0.1, 0.15) is 10.7 Å². The highest BCUT2D eigenvalue weighted by Gasteiger charge is 2.25. The highest BCUT2D eigenvalue weighted by molar-refractivity contribution is 7.86. The number of β-amino-alcohol motifs (C(OH)–C–C–N with tert-alkyl or cyclic N) is 1. The zero-order chi connectivity index (χ0) is 21.8. The lowest BCUT2D eigenvalue weighted by Gasteiger charge is -2.39. The topological polar surface area (TPSA) is 117 Å². The number of aliphatic hydroxyl groups excluding tert-OH is 1. The summed E-state index contributed by atoms with van der Waals surface area (Å²) in [6, 6.07) is 6.18. The van der Waals surface area contributed by atoms with Crippen molar-refractivity contribution in [1.82, 2.24) is 9.88 Å². The molecule has 0 amide bonds. The first kappa shape index (κ1) is 23.6. The summed E-state index contributed by atoms with van der Waals surface area (Å²) >= 11 is 0. The van der Waals surface area contributed by atoms with Crippen LogP contribution in [-0.4, -0.2) is 59.2 Å². The Morgan fingerprint density at radius 3 is 2.45 bits per heavy atom. The van der Waals surface area contributed by atoms with Crippen LogP contribution in [0.2, 0.25) is 0 Å². The molecule has 0 radical (unpaired) electrons. The molecule has 1 aromatic heterocycles. The Balaban J connectivity index is 0.000000212. The minimum Gasteiger partial charge on any atom is -0.390 e. The van der Waals surface area contributed by atoms with Gasteiger partial charge >= 0.3 is 0 Å². The number of pyridine rings is 1. The van der Waals surface area contributed by atoms with Gasteiger partial charge in [0.2, 0.25) is 0 Å². The zero-order valence-corrected chi connectivity index (χ0v) is 17.9. The van der Waals surface area contributed by atoms with E-state index in [9.17, 15) is 17.9 Å². The molecule has 0 spiro atoms. The van der Waals surface area contributed by atoms with Gasteiger partial charge in [-0.15, -0.1) is 0 Å². The first-order valence-corrected chi connectivity index (χ1v) is 11.1. The van der Waals surface area contributed by atoms with Crippen molar-refractivity contribution in [3.63, 3.8) is 0 Å². The van der Waals surface area contributed by atoms with Gasteiger partial charge in [-0.05, 0) is 51.8 Å². The van der Waals surface area contributed by atoms with Crippen LogP contribution in [0.15, 0.2) is 29.2 Å². The quantitative estimate of drug-likeness (QED) is 0.642. The monoisotopic (exact) mass is 427 g/mol. The predicted molar refractivity (Wildman–Crippen MR) is 111 cm³/mol. The van der Waals surface area contributed by atoms with Crippen LogP contribution in [0.5, 0.6) is 0 Å². The van der Waals surface area contributed by atoms with Gasteiger partial charge in [0.05, 0.1) is 11.6 Å². The lowest BCUT2D eigenvalue weighted by molar-refractivity contribution is 0.0452. The Bertz CT molecular complexity index is 923. The average molecular weight is 428 g/mol. The van der Waals surface area contributed by atoms with Crippen LogP contribution in [0.1, 0.15) is 38.8 Å². The van der Waals surface area contributed by atoms with Crippen LogP contribution < -0.4 is 5.73 Å². The SMILES string of the molecule is C[C@@H]1CCC[C@H](C)N1C[C@H](O)CN.Cc1ccc2c(S(=O)(=O)O)cc(F)cc2n1. The second-order valence-corrected chi connectivity index (χ2v) is 9.00. The predicted octanol–water partition coefficient (Wildman–Crippen LogP) is 2.50. The van der Waals surface area contributed by atoms with Gasteiger partial charge < -0.3 is 10.8 Å². The molecule has 0 bridgehead atoms. The lowest BCUT2D eigenvalue weighted by atomic mass is 9.97. The molecule has 0 aliphatic carbocycles. The van der Waals surface area contributed by atoms with E-state index in [1.54, 1.807) is 13.0 Å². The molecule has 29 heavy (non-hydrogen) atoms. The van der Waals surface area contributed by atoms with Crippen LogP contribution in [0, 0.1) is 12.7 Å². The Morgan fingerprint density at radius 1 is 1.28 bits per heavy atom. The van der Waals surface area contributed by atoms with E-state index in [1.807, 2.05) is 0 Å². The Hall–Kier alpha value is -1.65. The maximum absolute atomic E-state index is 13.1. The Kier molecular flexibility index (Phi) is 8.07. The van der Waals surface area contributed by atoms with E-state index in [1.165, 1.54) is 25.3 Å². The number of rotatable bonds is 4. The Morgan fingerprint density at radius 2 is 1.90 bits per heavy atom. The van der Waals surface area contributed by atoms with Gasteiger partial charge in [-0.25, -0.2) is 4.39 Å². The summed E-state index contributed by atoms with van der Waals surface area (Å²) in [4.78, 5) is 5.91. The van der Waals surface area contributed by atoms with Gasteiger partial charge in [0.15, 0.2) is 0 Å². The fraction of sp³-hybridized carbons (Fsp3) is 0.550. The molecule has 0 saturated carbocycles. The number of likely N-dealkylation sites (tertiary alicyclic amines) is 1. The van der Waals surface area contributed by atoms with Gasteiger partial charge in [0.25, 0.3) is 10.1 Å². The third-order valence-corrected chi connectivity index (χ3v) is 6.11. The number of aliphatic hydroxyl groups is 1. The van der Waals surface area contributed by atoms with E-state index < -0.39 is 20.8 Å². The summed E-state index contributed by atoms with van der Waals surface area (Å²) in [6.07, 6.45) is 3.46. The van der Waals surface area contributed by atoms with Crippen LogP contribution in [0.3, 0.4) is 0 Å². The van der Waals surface area contributed by atoms with E-state index in [2.05, 4.69) is 23.7 Å². The number of nitrogens with two attached hydrogens (primary N) is 1. The molecule has 3 rings (SSSR count). The van der Waals surface area contributed by atoms with Gasteiger partial charge in [0, 0.05) is 42.3 Å². The standard InChI is InChI=1S/C10H8FNO3S.C10H22N2O/c1-6-2-3-8-9(12-6)4-7(11)5-10(8)16(13,14)15;1-8-4-3-5-9(2)12(8)7-10(13)6-11/h2-5H,1H3,(H,13,14,15);8-10,13H,3-7,11H2,1-2H3/t;8-,9+,10-/m.1/s1. The fourth-order valence-electron chi connectivity index (χ4n) is 3.64. The van der Waals surface area contributed by atoms with Crippen molar-refractivity contribution < 1.29 is 22.5 Å². The molecule has 1 aliphatic heterocycles.